The van der Waals surface area contributed by atoms with Crippen LogP contribution in [0.4, 0.5) is 16.0 Å². The third-order valence-electron chi connectivity index (χ3n) is 2.64. The minimum absolute atomic E-state index is 0.151. The lowest BCUT2D eigenvalue weighted by molar-refractivity contribution is -0.115. The maximum atomic E-state index is 12.8. The molecule has 0 bridgehead atoms. The Morgan fingerprint density at radius 3 is 2.43 bits per heavy atom. The summed E-state index contributed by atoms with van der Waals surface area (Å²) in [7, 11) is 0. The Hall–Kier alpha value is -2.76. The Morgan fingerprint density at radius 1 is 1.14 bits per heavy atom. The van der Waals surface area contributed by atoms with Crippen LogP contribution in [0.3, 0.4) is 0 Å². The standard InChI is InChI=1S/C15H15FN4O/c1-2-9-17-13-7-8-14(20-19-13)18-15(21)10-11-3-5-12(16)6-4-11/h2-8H,1,9-10H2,(H,17,19)(H,18,20,21). The molecule has 0 radical (unpaired) electrons. The van der Waals surface area contributed by atoms with Crippen LogP contribution in [0.1, 0.15) is 5.56 Å². The SMILES string of the molecule is C=CCNc1ccc(NC(=O)Cc2ccc(F)cc2)nn1. The van der Waals surface area contributed by atoms with Crippen molar-refractivity contribution in [1.82, 2.24) is 10.2 Å². The maximum Gasteiger partial charge on any atom is 0.229 e. The topological polar surface area (TPSA) is 66.9 Å². The van der Waals surface area contributed by atoms with E-state index in [9.17, 15) is 9.18 Å². The van der Waals surface area contributed by atoms with E-state index in [0.29, 0.717) is 18.2 Å². The molecule has 0 saturated carbocycles. The van der Waals surface area contributed by atoms with Crippen molar-refractivity contribution in [3.63, 3.8) is 0 Å². The summed E-state index contributed by atoms with van der Waals surface area (Å²) in [5.74, 6) is 0.410. The molecule has 0 saturated heterocycles. The van der Waals surface area contributed by atoms with E-state index in [1.165, 1.54) is 12.1 Å². The molecule has 1 amide bonds. The van der Waals surface area contributed by atoms with Gasteiger partial charge in [-0.2, -0.15) is 0 Å². The molecule has 0 fully saturated rings. The van der Waals surface area contributed by atoms with Gasteiger partial charge in [0, 0.05) is 6.54 Å². The van der Waals surface area contributed by atoms with Crippen molar-refractivity contribution < 1.29 is 9.18 Å². The van der Waals surface area contributed by atoms with Crippen molar-refractivity contribution in [1.29, 1.82) is 0 Å². The lowest BCUT2D eigenvalue weighted by Gasteiger charge is -2.05. The molecule has 0 unspecified atom stereocenters. The Bertz CT molecular complexity index is 611. The summed E-state index contributed by atoms with van der Waals surface area (Å²) in [4.78, 5) is 11.8. The molecular weight excluding hydrogens is 271 g/mol. The van der Waals surface area contributed by atoms with E-state index in [4.69, 9.17) is 0 Å². The number of carbonyl (C=O) groups excluding carboxylic acids is 1. The average molecular weight is 286 g/mol. The molecule has 1 aromatic heterocycles. The van der Waals surface area contributed by atoms with Gasteiger partial charge in [-0.1, -0.05) is 18.2 Å². The van der Waals surface area contributed by atoms with Gasteiger partial charge in [-0.3, -0.25) is 4.79 Å². The van der Waals surface area contributed by atoms with E-state index in [0.717, 1.165) is 5.56 Å². The highest BCUT2D eigenvalue weighted by Crippen LogP contribution is 2.08. The highest BCUT2D eigenvalue weighted by atomic mass is 19.1. The molecule has 1 aromatic carbocycles. The number of halogens is 1. The van der Waals surface area contributed by atoms with E-state index >= 15 is 0 Å². The molecule has 0 spiro atoms. The molecular formula is C15H15FN4O. The van der Waals surface area contributed by atoms with Gasteiger partial charge < -0.3 is 10.6 Å². The van der Waals surface area contributed by atoms with E-state index < -0.39 is 0 Å². The monoisotopic (exact) mass is 286 g/mol. The van der Waals surface area contributed by atoms with E-state index in [1.807, 2.05) is 0 Å². The van der Waals surface area contributed by atoms with Gasteiger partial charge in [0.05, 0.1) is 6.42 Å². The number of amides is 1. The molecule has 1 heterocycles. The number of hydrogen-bond donors (Lipinski definition) is 2. The lowest BCUT2D eigenvalue weighted by atomic mass is 10.1. The molecule has 0 aliphatic carbocycles. The van der Waals surface area contributed by atoms with Gasteiger partial charge in [-0.05, 0) is 29.8 Å². The first-order valence-electron chi connectivity index (χ1n) is 6.40. The largest absolute Gasteiger partial charge is 0.365 e. The Labute approximate surface area is 121 Å². The van der Waals surface area contributed by atoms with Gasteiger partial charge in [-0.15, -0.1) is 16.8 Å². The van der Waals surface area contributed by atoms with Crippen LogP contribution in [0.15, 0.2) is 49.1 Å². The number of nitrogens with zero attached hydrogens (tertiary/aromatic N) is 2. The Morgan fingerprint density at radius 2 is 1.81 bits per heavy atom. The first-order valence-corrected chi connectivity index (χ1v) is 6.40. The van der Waals surface area contributed by atoms with Crippen molar-refractivity contribution in [2.45, 2.75) is 6.42 Å². The second kappa shape index (κ2) is 7.14. The van der Waals surface area contributed by atoms with E-state index in [2.05, 4.69) is 27.4 Å². The highest BCUT2D eigenvalue weighted by Gasteiger charge is 2.05. The smallest absolute Gasteiger partial charge is 0.229 e. The minimum atomic E-state index is -0.326. The summed E-state index contributed by atoms with van der Waals surface area (Å²) in [5.41, 5.74) is 0.728. The summed E-state index contributed by atoms with van der Waals surface area (Å²) in [6.45, 7) is 4.18. The molecule has 2 rings (SSSR count). The zero-order valence-corrected chi connectivity index (χ0v) is 11.3. The van der Waals surface area contributed by atoms with Crippen molar-refractivity contribution in [2.75, 3.05) is 17.2 Å². The van der Waals surface area contributed by atoms with Gasteiger partial charge in [-0.25, -0.2) is 4.39 Å². The molecule has 21 heavy (non-hydrogen) atoms. The second-order valence-electron chi connectivity index (χ2n) is 4.32. The van der Waals surface area contributed by atoms with Crippen molar-refractivity contribution in [3.8, 4) is 0 Å². The fourth-order valence-electron chi connectivity index (χ4n) is 1.64. The number of aromatic nitrogens is 2. The van der Waals surface area contributed by atoms with Crippen LogP contribution in [0.5, 0.6) is 0 Å². The van der Waals surface area contributed by atoms with Crippen LogP contribution in [-0.4, -0.2) is 22.6 Å². The van der Waals surface area contributed by atoms with Crippen molar-refractivity contribution in [2.24, 2.45) is 0 Å². The van der Waals surface area contributed by atoms with Crippen LogP contribution in [-0.2, 0) is 11.2 Å². The molecule has 0 aliphatic heterocycles. The van der Waals surface area contributed by atoms with Gasteiger partial charge in [0.15, 0.2) is 5.82 Å². The number of hydrogen-bond acceptors (Lipinski definition) is 4. The third-order valence-corrected chi connectivity index (χ3v) is 2.64. The zero-order valence-electron chi connectivity index (χ0n) is 11.3. The summed E-state index contributed by atoms with van der Waals surface area (Å²) < 4.78 is 12.8. The van der Waals surface area contributed by atoms with Gasteiger partial charge in [0.2, 0.25) is 5.91 Å². The second-order valence-corrected chi connectivity index (χ2v) is 4.32. The number of nitrogens with one attached hydrogen (secondary N) is 2. The molecule has 0 aliphatic rings. The van der Waals surface area contributed by atoms with Gasteiger partial charge in [0.25, 0.3) is 0 Å². The number of anilines is 2. The number of carbonyl (C=O) groups is 1. The van der Waals surface area contributed by atoms with Crippen LogP contribution in [0.25, 0.3) is 0 Å². The van der Waals surface area contributed by atoms with Gasteiger partial charge in [0.1, 0.15) is 11.6 Å². The summed E-state index contributed by atoms with van der Waals surface area (Å²) >= 11 is 0. The molecule has 2 N–H and O–H groups in total. The van der Waals surface area contributed by atoms with Crippen molar-refractivity contribution >= 4 is 17.5 Å². The Balaban J connectivity index is 1.90. The third kappa shape index (κ3) is 4.68. The maximum absolute atomic E-state index is 12.8. The van der Waals surface area contributed by atoms with Crippen LogP contribution in [0, 0.1) is 5.82 Å². The van der Waals surface area contributed by atoms with Crippen molar-refractivity contribution in [3.05, 3.63) is 60.4 Å². The van der Waals surface area contributed by atoms with Crippen LogP contribution >= 0.6 is 0 Å². The zero-order chi connectivity index (χ0) is 15.1. The van der Waals surface area contributed by atoms with Crippen LogP contribution < -0.4 is 10.6 Å². The fourth-order valence-corrected chi connectivity index (χ4v) is 1.64. The van der Waals surface area contributed by atoms with Gasteiger partial charge >= 0.3 is 0 Å². The van der Waals surface area contributed by atoms with Crippen LogP contribution in [0.2, 0.25) is 0 Å². The van der Waals surface area contributed by atoms with E-state index in [1.54, 1.807) is 30.3 Å². The summed E-state index contributed by atoms with van der Waals surface area (Å²) in [6.07, 6.45) is 1.86. The normalized spacial score (nSPS) is 9.95. The predicted molar refractivity (Wildman–Crippen MR) is 79.5 cm³/mol. The minimum Gasteiger partial charge on any atom is -0.365 e. The summed E-state index contributed by atoms with van der Waals surface area (Å²) in [6, 6.07) is 9.15. The number of benzene rings is 1. The predicted octanol–water partition coefficient (Wildman–Crippen LogP) is 2.39. The van der Waals surface area contributed by atoms with E-state index in [-0.39, 0.29) is 18.1 Å². The molecule has 108 valence electrons. The quantitative estimate of drug-likeness (QED) is 0.800. The summed E-state index contributed by atoms with van der Waals surface area (Å²) in [5, 5.41) is 13.4. The first-order chi connectivity index (χ1) is 10.2. The highest BCUT2D eigenvalue weighted by molar-refractivity contribution is 5.91. The molecule has 0 atom stereocenters. The molecule has 5 nitrogen and oxygen atoms in total. The Kier molecular flexibility index (Phi) is 4.98. The lowest BCUT2D eigenvalue weighted by Crippen LogP contribution is -2.16. The average Bonchev–Trinajstić information content (AvgIpc) is 2.49. The molecule has 2 aromatic rings. The first kappa shape index (κ1) is 14.6. The number of rotatable bonds is 6. The fraction of sp³-hybridized carbons (Fsp3) is 0.133. The molecule has 6 heteroatoms.